The van der Waals surface area contributed by atoms with Crippen LogP contribution in [0.25, 0.3) is 11.0 Å². The Morgan fingerprint density at radius 1 is 1.14 bits per heavy atom. The molecular formula is C22H26N2O4S. The predicted octanol–water partition coefficient (Wildman–Crippen LogP) is 3.90. The third-order valence-electron chi connectivity index (χ3n) is 4.71. The number of nitrogens with one attached hydrogen (secondary N) is 1. The number of benzene rings is 1. The zero-order chi connectivity index (χ0) is 21.0. The summed E-state index contributed by atoms with van der Waals surface area (Å²) in [5.74, 6) is -0.0367. The van der Waals surface area contributed by atoms with E-state index in [1.54, 1.807) is 24.3 Å². The lowest BCUT2D eigenvalue weighted by atomic mass is 9.98. The highest BCUT2D eigenvalue weighted by Crippen LogP contribution is 2.21. The predicted molar refractivity (Wildman–Crippen MR) is 112 cm³/mol. The molecule has 154 valence electrons. The SMILES string of the molecule is CCc1cccc(CC(=O)[C@H](CC(C)C)NS(=O)(=O)c2ccc3occc3c2)n1. The first-order chi connectivity index (χ1) is 13.8. The molecule has 0 saturated heterocycles. The zero-order valence-corrected chi connectivity index (χ0v) is 17.7. The van der Waals surface area contributed by atoms with Crippen LogP contribution in [0.3, 0.4) is 0 Å². The van der Waals surface area contributed by atoms with Crippen LogP contribution in [-0.2, 0) is 27.7 Å². The summed E-state index contributed by atoms with van der Waals surface area (Å²) < 4.78 is 33.8. The second-order valence-electron chi connectivity index (χ2n) is 7.54. The maximum absolute atomic E-state index is 12.9. The van der Waals surface area contributed by atoms with Gasteiger partial charge in [0.05, 0.1) is 23.6 Å². The number of hydrogen-bond acceptors (Lipinski definition) is 5. The molecule has 29 heavy (non-hydrogen) atoms. The van der Waals surface area contributed by atoms with Gasteiger partial charge in [0.2, 0.25) is 10.0 Å². The van der Waals surface area contributed by atoms with Gasteiger partial charge in [-0.05, 0) is 55.2 Å². The number of carbonyl (C=O) groups is 1. The quantitative estimate of drug-likeness (QED) is 0.574. The van der Waals surface area contributed by atoms with Crippen molar-refractivity contribution in [2.24, 2.45) is 5.92 Å². The summed E-state index contributed by atoms with van der Waals surface area (Å²) in [4.78, 5) is 17.5. The summed E-state index contributed by atoms with van der Waals surface area (Å²) in [5.41, 5.74) is 2.17. The van der Waals surface area contributed by atoms with Gasteiger partial charge in [0.25, 0.3) is 0 Å². The van der Waals surface area contributed by atoms with E-state index in [1.165, 1.54) is 12.3 Å². The van der Waals surface area contributed by atoms with Crippen LogP contribution in [0.2, 0.25) is 0 Å². The van der Waals surface area contributed by atoms with Crippen molar-refractivity contribution in [3.05, 3.63) is 60.1 Å². The van der Waals surface area contributed by atoms with E-state index < -0.39 is 16.1 Å². The summed E-state index contributed by atoms with van der Waals surface area (Å²) in [6.07, 6.45) is 2.80. The average Bonchev–Trinajstić information content (AvgIpc) is 3.15. The van der Waals surface area contributed by atoms with Crippen LogP contribution < -0.4 is 4.72 Å². The fourth-order valence-corrected chi connectivity index (χ4v) is 4.48. The third-order valence-corrected chi connectivity index (χ3v) is 6.18. The molecule has 0 aliphatic carbocycles. The minimum absolute atomic E-state index is 0.0918. The molecule has 0 bridgehead atoms. The van der Waals surface area contributed by atoms with E-state index in [0.717, 1.165) is 12.1 Å². The van der Waals surface area contributed by atoms with Crippen molar-refractivity contribution >= 4 is 26.8 Å². The Balaban J connectivity index is 1.82. The number of hydrogen-bond donors (Lipinski definition) is 1. The van der Waals surface area contributed by atoms with Crippen molar-refractivity contribution in [3.8, 4) is 0 Å². The topological polar surface area (TPSA) is 89.3 Å². The number of carbonyl (C=O) groups excluding carboxylic acids is 1. The second-order valence-corrected chi connectivity index (χ2v) is 9.25. The molecule has 3 aromatic rings. The highest BCUT2D eigenvalue weighted by Gasteiger charge is 2.27. The van der Waals surface area contributed by atoms with Gasteiger partial charge >= 0.3 is 0 Å². The Labute approximate surface area is 171 Å². The molecule has 7 heteroatoms. The molecule has 0 spiro atoms. The number of aromatic nitrogens is 1. The van der Waals surface area contributed by atoms with Crippen LogP contribution in [0, 0.1) is 5.92 Å². The maximum Gasteiger partial charge on any atom is 0.241 e. The molecule has 6 nitrogen and oxygen atoms in total. The summed E-state index contributed by atoms with van der Waals surface area (Å²) >= 11 is 0. The van der Waals surface area contributed by atoms with Crippen molar-refractivity contribution in [1.82, 2.24) is 9.71 Å². The summed E-state index contributed by atoms with van der Waals surface area (Å²) in [6.45, 7) is 5.92. The normalized spacial score (nSPS) is 13.1. The van der Waals surface area contributed by atoms with Gasteiger partial charge in [-0.2, -0.15) is 0 Å². The number of rotatable bonds is 9. The van der Waals surface area contributed by atoms with Gasteiger partial charge in [0.15, 0.2) is 5.78 Å². The molecule has 0 fully saturated rings. The molecule has 1 aromatic carbocycles. The minimum atomic E-state index is -3.86. The van der Waals surface area contributed by atoms with Crippen LogP contribution >= 0.6 is 0 Å². The molecule has 2 aromatic heterocycles. The molecule has 1 atom stereocenters. The van der Waals surface area contributed by atoms with E-state index in [1.807, 2.05) is 32.9 Å². The van der Waals surface area contributed by atoms with Gasteiger partial charge in [-0.1, -0.05) is 26.8 Å². The summed E-state index contributed by atoms with van der Waals surface area (Å²) in [5, 5.41) is 0.695. The van der Waals surface area contributed by atoms with Crippen LogP contribution in [0.5, 0.6) is 0 Å². The molecule has 0 radical (unpaired) electrons. The number of fused-ring (bicyclic) bond motifs is 1. The Hall–Kier alpha value is -2.51. The van der Waals surface area contributed by atoms with Gasteiger partial charge in [-0.25, -0.2) is 13.1 Å². The van der Waals surface area contributed by atoms with Crippen molar-refractivity contribution in [3.63, 3.8) is 0 Å². The number of pyridine rings is 1. The monoisotopic (exact) mass is 414 g/mol. The van der Waals surface area contributed by atoms with E-state index >= 15 is 0 Å². The van der Waals surface area contributed by atoms with Crippen molar-refractivity contribution in [2.75, 3.05) is 0 Å². The lowest BCUT2D eigenvalue weighted by Gasteiger charge is -2.19. The van der Waals surface area contributed by atoms with E-state index in [-0.39, 0.29) is 23.0 Å². The van der Waals surface area contributed by atoms with Crippen LogP contribution in [0.4, 0.5) is 0 Å². The molecule has 3 rings (SSSR count). The maximum atomic E-state index is 12.9. The number of nitrogens with zero attached hydrogens (tertiary/aromatic N) is 1. The first-order valence-electron chi connectivity index (χ1n) is 9.75. The third kappa shape index (κ3) is 5.31. The molecule has 2 heterocycles. The number of aryl methyl sites for hydroxylation is 1. The zero-order valence-electron chi connectivity index (χ0n) is 16.9. The van der Waals surface area contributed by atoms with Crippen LogP contribution in [-0.4, -0.2) is 25.2 Å². The standard InChI is InChI=1S/C22H26N2O4S/c1-4-17-6-5-7-18(23-17)14-21(25)20(12-15(2)3)24-29(26,27)19-8-9-22-16(13-19)10-11-28-22/h5-11,13,15,20,24H,4,12,14H2,1-3H3/t20-/m0/s1. The first-order valence-corrected chi connectivity index (χ1v) is 11.2. The fraction of sp³-hybridized carbons (Fsp3) is 0.364. The Morgan fingerprint density at radius 2 is 1.90 bits per heavy atom. The summed E-state index contributed by atoms with van der Waals surface area (Å²) in [6, 6.07) is 11.1. The molecular weight excluding hydrogens is 388 g/mol. The average molecular weight is 415 g/mol. The molecule has 0 amide bonds. The van der Waals surface area contributed by atoms with Gasteiger partial charge < -0.3 is 4.42 Å². The molecule has 0 aliphatic heterocycles. The van der Waals surface area contributed by atoms with Crippen molar-refractivity contribution in [2.45, 2.75) is 51.0 Å². The highest BCUT2D eigenvalue weighted by molar-refractivity contribution is 7.89. The lowest BCUT2D eigenvalue weighted by Crippen LogP contribution is -2.42. The molecule has 0 aliphatic rings. The molecule has 0 unspecified atom stereocenters. The Kier molecular flexibility index (Phi) is 6.49. The number of Topliss-reactive ketones (excluding diaryl/α,β-unsaturated/α-hetero) is 1. The van der Waals surface area contributed by atoms with Gasteiger partial charge in [0.1, 0.15) is 5.58 Å². The molecule has 1 N–H and O–H groups in total. The lowest BCUT2D eigenvalue weighted by molar-refractivity contribution is -0.120. The smallest absolute Gasteiger partial charge is 0.241 e. The van der Waals surface area contributed by atoms with Gasteiger partial charge in [-0.15, -0.1) is 0 Å². The van der Waals surface area contributed by atoms with Crippen LogP contribution in [0.15, 0.2) is 58.0 Å². The highest BCUT2D eigenvalue weighted by atomic mass is 32.2. The Morgan fingerprint density at radius 3 is 2.62 bits per heavy atom. The van der Waals surface area contributed by atoms with E-state index in [0.29, 0.717) is 23.1 Å². The molecule has 0 saturated carbocycles. The minimum Gasteiger partial charge on any atom is -0.464 e. The first kappa shape index (κ1) is 21.2. The largest absolute Gasteiger partial charge is 0.464 e. The van der Waals surface area contributed by atoms with Crippen molar-refractivity contribution < 1.29 is 17.6 Å². The fourth-order valence-electron chi connectivity index (χ4n) is 3.21. The van der Waals surface area contributed by atoms with Crippen LogP contribution in [0.1, 0.15) is 38.6 Å². The number of ketones is 1. The van der Waals surface area contributed by atoms with E-state index in [2.05, 4.69) is 9.71 Å². The van der Waals surface area contributed by atoms with Crippen molar-refractivity contribution in [1.29, 1.82) is 0 Å². The Bertz CT molecular complexity index is 1100. The van der Waals surface area contributed by atoms with Gasteiger partial charge in [0, 0.05) is 16.8 Å². The van der Waals surface area contributed by atoms with Gasteiger partial charge in [-0.3, -0.25) is 9.78 Å². The second kappa shape index (κ2) is 8.88. The van der Waals surface area contributed by atoms with E-state index in [4.69, 9.17) is 4.42 Å². The number of sulfonamides is 1. The number of furan rings is 1. The summed E-state index contributed by atoms with van der Waals surface area (Å²) in [7, 11) is -3.86. The van der Waals surface area contributed by atoms with E-state index in [9.17, 15) is 13.2 Å².